The molecule has 3 N–H and O–H groups in total. The average Bonchev–Trinajstić information content (AvgIpc) is 2.84. The van der Waals surface area contributed by atoms with Crippen LogP contribution in [0.3, 0.4) is 0 Å². The molecule has 0 fully saturated rings. The van der Waals surface area contributed by atoms with Gasteiger partial charge in [0.15, 0.2) is 0 Å². The van der Waals surface area contributed by atoms with E-state index in [4.69, 9.17) is 5.73 Å². The highest BCUT2D eigenvalue weighted by Crippen LogP contribution is 2.43. The number of nitrogens with zero attached hydrogens (tertiary/aromatic N) is 1. The molecular formula is C27H21N3O4S. The van der Waals surface area contributed by atoms with Gasteiger partial charge in [0.25, 0.3) is 15.7 Å². The summed E-state index contributed by atoms with van der Waals surface area (Å²) in [6, 6.07) is 25.9. The van der Waals surface area contributed by atoms with E-state index in [-0.39, 0.29) is 10.6 Å². The third kappa shape index (κ3) is 4.04. The van der Waals surface area contributed by atoms with E-state index in [1.165, 1.54) is 24.3 Å². The Bertz CT molecular complexity index is 1720. The highest BCUT2D eigenvalue weighted by molar-refractivity contribution is 7.92. The Hall–Kier alpha value is -4.43. The van der Waals surface area contributed by atoms with Crippen LogP contribution in [0.2, 0.25) is 0 Å². The van der Waals surface area contributed by atoms with Crippen LogP contribution < -0.4 is 10.5 Å². The molecule has 0 aliphatic carbocycles. The summed E-state index contributed by atoms with van der Waals surface area (Å²) in [7, 11) is -4.04. The van der Waals surface area contributed by atoms with Crippen LogP contribution in [0.5, 0.6) is 0 Å². The first-order valence-electron chi connectivity index (χ1n) is 10.8. The van der Waals surface area contributed by atoms with Gasteiger partial charge in [0.05, 0.1) is 15.5 Å². The highest BCUT2D eigenvalue weighted by atomic mass is 32.2. The van der Waals surface area contributed by atoms with E-state index in [1.54, 1.807) is 6.07 Å². The average molecular weight is 484 g/mol. The van der Waals surface area contributed by atoms with Crippen LogP contribution in [0.1, 0.15) is 5.56 Å². The minimum Gasteiger partial charge on any atom is -0.398 e. The summed E-state index contributed by atoms with van der Waals surface area (Å²) in [6.45, 7) is 1.99. The lowest BCUT2D eigenvalue weighted by Crippen LogP contribution is -2.14. The Kier molecular flexibility index (Phi) is 5.37. The number of rotatable bonds is 5. The Morgan fingerprint density at radius 1 is 0.800 bits per heavy atom. The van der Waals surface area contributed by atoms with E-state index in [1.807, 2.05) is 67.6 Å². The Morgan fingerprint density at radius 2 is 1.46 bits per heavy atom. The standard InChI is InChI=1S/C27H21N3O4S/c1-17-6-7-19-8-14-24(28)26(23(19)16-17)27-22-5-3-2-4-18(22)9-15-25(27)29-35(33,34)21-12-10-20(11-13-21)30(31)32/h2-16,29H,28H2,1H3. The fraction of sp³-hybridized carbons (Fsp3) is 0.0370. The minimum atomic E-state index is -4.04. The number of hydrogen-bond donors (Lipinski definition) is 2. The number of hydrogen-bond acceptors (Lipinski definition) is 5. The summed E-state index contributed by atoms with van der Waals surface area (Å²) < 4.78 is 29.3. The first-order chi connectivity index (χ1) is 16.7. The number of benzene rings is 5. The van der Waals surface area contributed by atoms with Gasteiger partial charge in [-0.2, -0.15) is 0 Å². The molecule has 5 rings (SSSR count). The fourth-order valence-electron chi connectivity index (χ4n) is 4.31. The second kappa shape index (κ2) is 8.41. The molecule has 0 bridgehead atoms. The lowest BCUT2D eigenvalue weighted by atomic mass is 9.91. The molecule has 0 heterocycles. The van der Waals surface area contributed by atoms with Gasteiger partial charge in [-0.1, -0.05) is 60.2 Å². The van der Waals surface area contributed by atoms with E-state index in [9.17, 15) is 18.5 Å². The predicted molar refractivity (Wildman–Crippen MR) is 140 cm³/mol. The van der Waals surface area contributed by atoms with Gasteiger partial charge < -0.3 is 5.73 Å². The number of aryl methyl sites for hydroxylation is 1. The van der Waals surface area contributed by atoms with Crippen molar-refractivity contribution in [3.63, 3.8) is 0 Å². The molecular weight excluding hydrogens is 462 g/mol. The summed E-state index contributed by atoms with van der Waals surface area (Å²) >= 11 is 0. The third-order valence-corrected chi connectivity index (χ3v) is 7.37. The van der Waals surface area contributed by atoms with Crippen molar-refractivity contribution in [3.8, 4) is 11.1 Å². The molecule has 35 heavy (non-hydrogen) atoms. The van der Waals surface area contributed by atoms with Crippen molar-refractivity contribution in [2.24, 2.45) is 0 Å². The summed E-state index contributed by atoms with van der Waals surface area (Å²) in [5.74, 6) is 0. The first-order valence-corrected chi connectivity index (χ1v) is 12.3. The van der Waals surface area contributed by atoms with E-state index >= 15 is 0 Å². The second-order valence-electron chi connectivity index (χ2n) is 8.32. The number of nitrogens with two attached hydrogens (primary N) is 1. The van der Waals surface area contributed by atoms with Gasteiger partial charge in [-0.05, 0) is 52.7 Å². The number of nitro groups is 1. The summed E-state index contributed by atoms with van der Waals surface area (Å²) in [6.07, 6.45) is 0. The molecule has 0 spiro atoms. The van der Waals surface area contributed by atoms with Crippen molar-refractivity contribution in [2.45, 2.75) is 11.8 Å². The SMILES string of the molecule is Cc1ccc2ccc(N)c(-c3c(NS(=O)(=O)c4ccc([N+](=O)[O-])cc4)ccc4ccccc34)c2c1. The molecule has 0 amide bonds. The van der Waals surface area contributed by atoms with Crippen molar-refractivity contribution in [3.05, 3.63) is 107 Å². The molecule has 5 aromatic carbocycles. The summed E-state index contributed by atoms with van der Waals surface area (Å²) in [4.78, 5) is 10.3. The minimum absolute atomic E-state index is 0.0797. The normalized spacial score (nSPS) is 11.6. The van der Waals surface area contributed by atoms with Crippen molar-refractivity contribution in [1.29, 1.82) is 0 Å². The zero-order chi connectivity index (χ0) is 24.7. The van der Waals surface area contributed by atoms with E-state index in [0.29, 0.717) is 16.9 Å². The number of nitrogens with one attached hydrogen (secondary N) is 1. The second-order valence-corrected chi connectivity index (χ2v) is 10.0. The largest absolute Gasteiger partial charge is 0.398 e. The topological polar surface area (TPSA) is 115 Å². The van der Waals surface area contributed by atoms with Crippen LogP contribution in [0, 0.1) is 17.0 Å². The number of fused-ring (bicyclic) bond motifs is 2. The number of nitro benzene ring substituents is 1. The first kappa shape index (κ1) is 22.4. The zero-order valence-electron chi connectivity index (χ0n) is 18.7. The third-order valence-electron chi connectivity index (χ3n) is 5.99. The molecule has 0 aliphatic heterocycles. The van der Waals surface area contributed by atoms with Gasteiger partial charge in [-0.25, -0.2) is 8.42 Å². The van der Waals surface area contributed by atoms with E-state index in [0.717, 1.165) is 32.7 Å². The van der Waals surface area contributed by atoms with Gasteiger partial charge in [-0.3, -0.25) is 14.8 Å². The molecule has 0 radical (unpaired) electrons. The quantitative estimate of drug-likeness (QED) is 0.174. The maximum Gasteiger partial charge on any atom is 0.269 e. The van der Waals surface area contributed by atoms with Crippen LogP contribution in [-0.4, -0.2) is 13.3 Å². The number of sulfonamides is 1. The van der Waals surface area contributed by atoms with Crippen molar-refractivity contribution in [2.75, 3.05) is 10.5 Å². The molecule has 174 valence electrons. The lowest BCUT2D eigenvalue weighted by Gasteiger charge is -2.19. The highest BCUT2D eigenvalue weighted by Gasteiger charge is 2.21. The maximum absolute atomic E-state index is 13.3. The van der Waals surface area contributed by atoms with Crippen LogP contribution in [-0.2, 0) is 10.0 Å². The van der Waals surface area contributed by atoms with E-state index < -0.39 is 14.9 Å². The van der Waals surface area contributed by atoms with Crippen LogP contribution in [0.4, 0.5) is 17.1 Å². The molecule has 7 nitrogen and oxygen atoms in total. The van der Waals surface area contributed by atoms with Gasteiger partial charge >= 0.3 is 0 Å². The van der Waals surface area contributed by atoms with Gasteiger partial charge in [0.2, 0.25) is 0 Å². The van der Waals surface area contributed by atoms with Crippen molar-refractivity contribution >= 4 is 48.6 Å². The van der Waals surface area contributed by atoms with Crippen LogP contribution in [0.15, 0.2) is 95.9 Å². The fourth-order valence-corrected chi connectivity index (χ4v) is 5.38. The monoisotopic (exact) mass is 483 g/mol. The predicted octanol–water partition coefficient (Wildman–Crippen LogP) is 6.26. The maximum atomic E-state index is 13.3. The molecule has 0 saturated carbocycles. The Labute approximate surface area is 202 Å². The van der Waals surface area contributed by atoms with Crippen molar-refractivity contribution < 1.29 is 13.3 Å². The summed E-state index contributed by atoms with van der Waals surface area (Å²) in [5, 5.41) is 14.6. The van der Waals surface area contributed by atoms with Gasteiger partial charge in [-0.15, -0.1) is 0 Å². The van der Waals surface area contributed by atoms with Crippen molar-refractivity contribution in [1.82, 2.24) is 0 Å². The zero-order valence-corrected chi connectivity index (χ0v) is 19.5. The molecule has 5 aromatic rings. The number of nitrogen functional groups attached to an aromatic ring is 1. The molecule has 0 aromatic heterocycles. The summed E-state index contributed by atoms with van der Waals surface area (Å²) in [5.41, 5.74) is 9.67. The Morgan fingerprint density at radius 3 is 2.20 bits per heavy atom. The number of anilines is 2. The molecule has 0 saturated heterocycles. The molecule has 0 unspecified atom stereocenters. The molecule has 0 aliphatic rings. The Balaban J connectivity index is 1.75. The smallest absolute Gasteiger partial charge is 0.269 e. The van der Waals surface area contributed by atoms with Crippen LogP contribution in [0.25, 0.3) is 32.7 Å². The van der Waals surface area contributed by atoms with E-state index in [2.05, 4.69) is 4.72 Å². The van der Waals surface area contributed by atoms with Gasteiger partial charge in [0, 0.05) is 28.9 Å². The lowest BCUT2D eigenvalue weighted by molar-refractivity contribution is -0.384. The number of non-ortho nitro benzene ring substituents is 1. The molecule has 0 atom stereocenters. The molecule has 8 heteroatoms. The van der Waals surface area contributed by atoms with Gasteiger partial charge in [0.1, 0.15) is 0 Å². The van der Waals surface area contributed by atoms with Crippen LogP contribution >= 0.6 is 0 Å².